The summed E-state index contributed by atoms with van der Waals surface area (Å²) in [7, 11) is 0. The van der Waals surface area contributed by atoms with Crippen LogP contribution in [0.5, 0.6) is 0 Å². The monoisotopic (exact) mass is 1230 g/mol. The maximum Gasteiger partial charge on any atom is 0.321 e. The van der Waals surface area contributed by atoms with E-state index >= 15 is 0 Å². The van der Waals surface area contributed by atoms with Gasteiger partial charge in [-0.05, 0) is 77.2 Å². The van der Waals surface area contributed by atoms with E-state index in [0.717, 1.165) is 70.6 Å². The van der Waals surface area contributed by atoms with Gasteiger partial charge < -0.3 is 85.9 Å². The van der Waals surface area contributed by atoms with Gasteiger partial charge in [-0.2, -0.15) is 0 Å². The van der Waals surface area contributed by atoms with Crippen LogP contribution in [0.3, 0.4) is 0 Å². The zero-order valence-electron chi connectivity index (χ0n) is 51.8. The van der Waals surface area contributed by atoms with Crippen LogP contribution in [0, 0.1) is 0 Å². The molecule has 1 aromatic carbocycles. The number of aliphatic hydroxyl groups excluding tert-OH is 3. The van der Waals surface area contributed by atoms with Crippen LogP contribution in [0.15, 0.2) is 30.3 Å². The summed E-state index contributed by atoms with van der Waals surface area (Å²) in [5.74, 6) is -8.62. The number of benzene rings is 1. The van der Waals surface area contributed by atoms with Crippen molar-refractivity contribution in [2.45, 2.75) is 285 Å². The maximum absolute atomic E-state index is 14.4. The minimum atomic E-state index is -1.73. The lowest BCUT2D eigenvalue weighted by atomic mass is 9.99. The summed E-state index contributed by atoms with van der Waals surface area (Å²) < 4.78 is 0. The number of amides is 8. The zero-order chi connectivity index (χ0) is 64.3. The van der Waals surface area contributed by atoms with Crippen molar-refractivity contribution in [1.29, 1.82) is 0 Å². The SMILES string of the molecule is CC(N)CCCCCCCC(N)CCCCCCCC(N)CCCCCCCC(O)CCNC(=O)CC(O)CC(O)C1CCCN1C(=O)C1NC(=O)C(CC(N)=O)NC(=O)C(NC(=O)[C@H](Cc2ccccc2)NC(=O)CC(N)C(=O)O)CC(=O)NC1C. The number of nitrogens with one attached hydrogen (secondary N) is 6. The summed E-state index contributed by atoms with van der Waals surface area (Å²) in [5.41, 5.74) is 30.2. The fourth-order valence-electron chi connectivity index (χ4n) is 11.3. The minimum absolute atomic E-state index is 0.106. The second-order valence-corrected chi connectivity index (χ2v) is 24.5. The summed E-state index contributed by atoms with van der Waals surface area (Å²) in [6.45, 7) is 3.76. The van der Waals surface area contributed by atoms with E-state index in [1.807, 2.05) is 0 Å². The number of likely N-dealkylation sites (tertiary alicyclic amines) is 1. The molecule has 8 amide bonds. The topological polar surface area (TPSA) is 440 Å². The number of primary amides is 1. The molecule has 0 bridgehead atoms. The molecule has 0 aliphatic carbocycles. The van der Waals surface area contributed by atoms with Gasteiger partial charge in [0.05, 0.1) is 56.1 Å². The molecule has 87 heavy (non-hydrogen) atoms. The Morgan fingerprint density at radius 1 is 0.678 bits per heavy atom. The van der Waals surface area contributed by atoms with E-state index in [4.69, 9.17) is 28.7 Å². The summed E-state index contributed by atoms with van der Waals surface area (Å²) >= 11 is 0. The molecular weight excluding hydrogens is 1120 g/mol. The number of nitrogens with two attached hydrogens (primary N) is 5. The van der Waals surface area contributed by atoms with Crippen molar-refractivity contribution < 1.29 is 63.6 Å². The summed E-state index contributed by atoms with van der Waals surface area (Å²) in [6.07, 6.45) is 18.2. The van der Waals surface area contributed by atoms with Gasteiger partial charge in [-0.1, -0.05) is 127 Å². The molecule has 1 aromatic rings. The lowest BCUT2D eigenvalue weighted by Gasteiger charge is -2.35. The highest BCUT2D eigenvalue weighted by atomic mass is 16.4. The number of aliphatic hydroxyl groups is 3. The number of hydrogen-bond acceptors (Lipinski definition) is 16. The van der Waals surface area contributed by atoms with E-state index in [9.17, 15) is 63.6 Å². The molecule has 13 atom stereocenters. The van der Waals surface area contributed by atoms with E-state index in [2.05, 4.69) is 38.8 Å². The fraction of sp³-hybridized carbons (Fsp3) is 0.758. The van der Waals surface area contributed by atoms with Gasteiger partial charge in [-0.15, -0.1) is 0 Å². The molecule has 0 spiro atoms. The highest BCUT2D eigenvalue weighted by Gasteiger charge is 2.42. The highest BCUT2D eigenvalue weighted by Crippen LogP contribution is 2.25. The number of carbonyl (C=O) groups is 9. The Kier molecular flexibility index (Phi) is 36.6. The fourth-order valence-corrected chi connectivity index (χ4v) is 11.3. The zero-order valence-corrected chi connectivity index (χ0v) is 51.8. The van der Waals surface area contributed by atoms with Crippen molar-refractivity contribution in [3.8, 4) is 0 Å². The first kappa shape index (κ1) is 75.4. The summed E-state index contributed by atoms with van der Waals surface area (Å²) in [4.78, 5) is 120. The van der Waals surface area contributed by atoms with Crippen molar-refractivity contribution in [3.63, 3.8) is 0 Å². The second kappa shape index (κ2) is 42.2. The Bertz CT molecular complexity index is 2250. The average Bonchev–Trinajstić information content (AvgIpc) is 4.02. The van der Waals surface area contributed by atoms with Crippen LogP contribution >= 0.6 is 0 Å². The molecular formula is C62H108N12O13. The number of carbonyl (C=O) groups excluding carboxylic acids is 8. The van der Waals surface area contributed by atoms with Crippen LogP contribution in [0.1, 0.15) is 206 Å². The molecule has 494 valence electrons. The van der Waals surface area contributed by atoms with E-state index in [1.54, 1.807) is 30.3 Å². The largest absolute Gasteiger partial charge is 0.480 e. The molecule has 2 saturated heterocycles. The molecule has 20 N–H and O–H groups in total. The van der Waals surface area contributed by atoms with Gasteiger partial charge in [0.1, 0.15) is 30.2 Å². The number of unbranched alkanes of at least 4 members (excludes halogenated alkanes) is 12. The Balaban J connectivity index is 1.40. The van der Waals surface area contributed by atoms with E-state index in [0.29, 0.717) is 36.9 Å². The van der Waals surface area contributed by atoms with E-state index < -0.39 is 133 Å². The first-order valence-corrected chi connectivity index (χ1v) is 32.1. The van der Waals surface area contributed by atoms with Crippen LogP contribution in [-0.2, 0) is 49.6 Å². The van der Waals surface area contributed by atoms with Crippen molar-refractivity contribution >= 4 is 53.2 Å². The van der Waals surface area contributed by atoms with Crippen LogP contribution in [0.25, 0.3) is 0 Å². The number of hydrogen-bond donors (Lipinski definition) is 15. The van der Waals surface area contributed by atoms with E-state index in [-0.39, 0.29) is 44.8 Å². The lowest BCUT2D eigenvalue weighted by molar-refractivity contribution is -0.141. The molecule has 25 heteroatoms. The van der Waals surface area contributed by atoms with Crippen molar-refractivity contribution in [2.24, 2.45) is 28.7 Å². The number of aliphatic carboxylic acids is 1. The van der Waals surface area contributed by atoms with Gasteiger partial charge in [0.25, 0.3) is 0 Å². The molecule has 3 rings (SSSR count). The molecule has 0 radical (unpaired) electrons. The standard InChI is InChI=1S/C62H108N12O13/c1-40(63)22-13-6-3-7-16-25-43(64)26-17-8-4-9-18-27-44(65)28-19-10-5-11-20-29-45(75)31-32-68-54(79)36-46(76)35-52(77)51-30-21-33-74(51)61(85)57-41(2)69-56(81)39-50(59(83)71-49(38-53(67)78)60(84)73-57)72-58(82)48(34-42-23-14-12-15-24-42)70-55(80)37-47(66)62(86)87/h12,14-15,23-24,40-41,43-52,57,75-77H,3-11,13,16-22,25-39,63-66H2,1-2H3,(H2,67,78)(H,68,79)(H,69,81)(H,70,80)(H,71,83)(H,72,82)(H,73,84)(H,86,87)/t40?,41?,43?,44?,45?,46?,47?,48-,49?,50?,51?,52?,57?/m0/s1. The molecule has 2 heterocycles. The summed E-state index contributed by atoms with van der Waals surface area (Å²) in [6, 6.07) is -0.871. The maximum atomic E-state index is 14.4. The number of nitrogens with zero attached hydrogens (tertiary/aromatic N) is 1. The van der Waals surface area contributed by atoms with Crippen LogP contribution in [0.2, 0.25) is 0 Å². The van der Waals surface area contributed by atoms with Crippen molar-refractivity contribution in [2.75, 3.05) is 13.1 Å². The molecule has 2 aliphatic rings. The van der Waals surface area contributed by atoms with E-state index in [1.165, 1.54) is 69.6 Å². The molecule has 0 saturated carbocycles. The van der Waals surface area contributed by atoms with Gasteiger partial charge in [0.15, 0.2) is 0 Å². The third-order valence-corrected chi connectivity index (χ3v) is 16.4. The third kappa shape index (κ3) is 31.8. The van der Waals surface area contributed by atoms with Gasteiger partial charge in [-0.3, -0.25) is 43.2 Å². The molecule has 2 aliphatic heterocycles. The Hall–Kier alpha value is -5.83. The smallest absolute Gasteiger partial charge is 0.321 e. The quantitative estimate of drug-likeness (QED) is 0.0410. The van der Waals surface area contributed by atoms with Crippen molar-refractivity contribution in [1.82, 2.24) is 36.8 Å². The number of carboxylic acid groups (broad SMARTS) is 1. The first-order valence-electron chi connectivity index (χ1n) is 32.1. The summed E-state index contributed by atoms with van der Waals surface area (Å²) in [5, 5.41) is 57.1. The Morgan fingerprint density at radius 2 is 1.23 bits per heavy atom. The van der Waals surface area contributed by atoms with Gasteiger partial charge in [0, 0.05) is 44.1 Å². The lowest BCUT2D eigenvalue weighted by Crippen LogP contribution is -2.62. The molecule has 2 fully saturated rings. The predicted octanol–water partition coefficient (Wildman–Crippen LogP) is 1.31. The Labute approximate surface area is 514 Å². The van der Waals surface area contributed by atoms with Gasteiger partial charge >= 0.3 is 5.97 Å². The molecule has 12 unspecified atom stereocenters. The number of rotatable bonds is 43. The predicted molar refractivity (Wildman–Crippen MR) is 330 cm³/mol. The second-order valence-electron chi connectivity index (χ2n) is 24.5. The van der Waals surface area contributed by atoms with Crippen molar-refractivity contribution in [3.05, 3.63) is 35.9 Å². The average molecular weight is 1230 g/mol. The minimum Gasteiger partial charge on any atom is -0.480 e. The third-order valence-electron chi connectivity index (χ3n) is 16.4. The van der Waals surface area contributed by atoms with Gasteiger partial charge in [-0.25, -0.2) is 0 Å². The number of carboxylic acids is 1. The first-order chi connectivity index (χ1) is 41.4. The van der Waals surface area contributed by atoms with Gasteiger partial charge in [0.2, 0.25) is 47.3 Å². The normalized spacial score (nSPS) is 21.1. The highest BCUT2D eigenvalue weighted by molar-refractivity contribution is 5.99. The van der Waals surface area contributed by atoms with Crippen LogP contribution in [-0.4, -0.2) is 170 Å². The molecule has 0 aromatic heterocycles. The molecule has 25 nitrogen and oxygen atoms in total. The Morgan fingerprint density at radius 3 is 1.78 bits per heavy atom. The van der Waals surface area contributed by atoms with Crippen LogP contribution in [0.4, 0.5) is 0 Å². The van der Waals surface area contributed by atoms with Crippen LogP contribution < -0.4 is 60.6 Å².